The molecule has 4 nitrogen and oxygen atoms in total. The topological polar surface area (TPSA) is 53.3 Å². The molecule has 34 heavy (non-hydrogen) atoms. The van der Waals surface area contributed by atoms with Crippen LogP contribution in [0, 0.1) is 17.2 Å². The Kier molecular flexibility index (Phi) is 8.55. The fourth-order valence-corrected chi connectivity index (χ4v) is 5.56. The maximum absolute atomic E-state index is 13.0. The minimum atomic E-state index is 0.0509. The monoisotopic (exact) mass is 456 g/mol. The van der Waals surface area contributed by atoms with Crippen molar-refractivity contribution in [1.82, 2.24) is 4.90 Å². The molecule has 1 aliphatic heterocycles. The van der Waals surface area contributed by atoms with Gasteiger partial charge in [-0.1, -0.05) is 48.5 Å². The van der Waals surface area contributed by atoms with Gasteiger partial charge in [0.1, 0.15) is 0 Å². The fourth-order valence-electron chi connectivity index (χ4n) is 5.56. The van der Waals surface area contributed by atoms with Crippen molar-refractivity contribution in [1.29, 1.82) is 5.26 Å². The Bertz CT molecular complexity index is 971. The first-order valence-corrected chi connectivity index (χ1v) is 12.7. The van der Waals surface area contributed by atoms with E-state index in [4.69, 9.17) is 10.00 Å². The summed E-state index contributed by atoms with van der Waals surface area (Å²) in [5, 5.41) is 9.01. The van der Waals surface area contributed by atoms with E-state index >= 15 is 0 Å². The van der Waals surface area contributed by atoms with Crippen LogP contribution in [0.5, 0.6) is 0 Å². The molecule has 0 aromatic heterocycles. The largest absolute Gasteiger partial charge is 0.376 e. The molecule has 2 aliphatic rings. The molecule has 1 heterocycles. The summed E-state index contributed by atoms with van der Waals surface area (Å²) in [6.07, 6.45) is 10.1. The number of rotatable bonds is 10. The van der Waals surface area contributed by atoms with Gasteiger partial charge in [0.2, 0.25) is 5.91 Å². The summed E-state index contributed by atoms with van der Waals surface area (Å²) in [7, 11) is 0. The van der Waals surface area contributed by atoms with Gasteiger partial charge in [-0.15, -0.1) is 6.58 Å². The average molecular weight is 457 g/mol. The van der Waals surface area contributed by atoms with Gasteiger partial charge in [-0.05, 0) is 80.5 Å². The van der Waals surface area contributed by atoms with Crippen molar-refractivity contribution in [2.24, 2.45) is 5.92 Å². The van der Waals surface area contributed by atoms with Crippen molar-refractivity contribution in [2.45, 2.75) is 69.4 Å². The lowest BCUT2D eigenvalue weighted by atomic mass is 9.82. The zero-order valence-corrected chi connectivity index (χ0v) is 20.1. The van der Waals surface area contributed by atoms with E-state index in [-0.39, 0.29) is 24.0 Å². The van der Waals surface area contributed by atoms with Gasteiger partial charge in [0, 0.05) is 12.5 Å². The summed E-state index contributed by atoms with van der Waals surface area (Å²) in [5.74, 6) is 0.869. The quantitative estimate of drug-likeness (QED) is 0.410. The number of hydrogen-bond donors (Lipinski definition) is 0. The summed E-state index contributed by atoms with van der Waals surface area (Å²) >= 11 is 0. The van der Waals surface area contributed by atoms with E-state index in [1.807, 2.05) is 24.3 Å². The highest BCUT2D eigenvalue weighted by Gasteiger charge is 2.38. The van der Waals surface area contributed by atoms with E-state index in [0.29, 0.717) is 12.5 Å². The van der Waals surface area contributed by atoms with Crippen molar-refractivity contribution in [2.75, 3.05) is 13.2 Å². The van der Waals surface area contributed by atoms with Gasteiger partial charge < -0.3 is 9.64 Å². The highest BCUT2D eigenvalue weighted by molar-refractivity contribution is 5.81. The molecule has 2 fully saturated rings. The molecule has 0 bridgehead atoms. The number of benzene rings is 2. The normalized spacial score (nSPS) is 24.7. The van der Waals surface area contributed by atoms with E-state index in [1.54, 1.807) is 0 Å². The van der Waals surface area contributed by atoms with Crippen LogP contribution >= 0.6 is 0 Å². The Balaban J connectivity index is 1.27. The van der Waals surface area contributed by atoms with Crippen molar-refractivity contribution in [3.63, 3.8) is 0 Å². The highest BCUT2D eigenvalue weighted by atomic mass is 16.5. The number of nitriles is 1. The minimum Gasteiger partial charge on any atom is -0.376 e. The number of carbonyl (C=O) groups is 1. The molecule has 1 amide bonds. The van der Waals surface area contributed by atoms with Crippen LogP contribution in [0.15, 0.2) is 67.3 Å². The number of aryl methyl sites for hydroxylation is 1. The third-order valence-electron chi connectivity index (χ3n) is 7.50. The van der Waals surface area contributed by atoms with E-state index in [9.17, 15) is 4.79 Å². The van der Waals surface area contributed by atoms with Gasteiger partial charge >= 0.3 is 0 Å². The number of nitrogens with zero attached hydrogens (tertiary/aromatic N) is 2. The highest BCUT2D eigenvalue weighted by Crippen LogP contribution is 2.35. The first kappa shape index (κ1) is 24.2. The fraction of sp³-hybridized carbons (Fsp3) is 0.467. The van der Waals surface area contributed by atoms with E-state index in [1.165, 1.54) is 11.1 Å². The van der Waals surface area contributed by atoms with Crippen LogP contribution in [0.1, 0.15) is 67.6 Å². The van der Waals surface area contributed by atoms with Crippen LogP contribution in [0.4, 0.5) is 0 Å². The Labute approximate surface area is 204 Å². The first-order chi connectivity index (χ1) is 16.7. The Morgan fingerprint density at radius 2 is 1.79 bits per heavy atom. The molecule has 178 valence electrons. The number of amides is 1. The Morgan fingerprint density at radius 1 is 1.06 bits per heavy atom. The molecule has 1 saturated heterocycles. The van der Waals surface area contributed by atoms with Gasteiger partial charge in [0.15, 0.2) is 0 Å². The van der Waals surface area contributed by atoms with E-state index in [2.05, 4.69) is 53.9 Å². The molecule has 2 atom stereocenters. The minimum absolute atomic E-state index is 0.0509. The van der Waals surface area contributed by atoms with Gasteiger partial charge in [0.05, 0.1) is 30.4 Å². The smallest absolute Gasteiger partial charge is 0.226 e. The van der Waals surface area contributed by atoms with Gasteiger partial charge in [0.25, 0.3) is 0 Å². The number of carbonyl (C=O) groups excluding carboxylic acids is 1. The number of likely N-dealkylation sites (tertiary alicyclic amines) is 1. The predicted molar refractivity (Wildman–Crippen MR) is 135 cm³/mol. The molecule has 0 unspecified atom stereocenters. The lowest BCUT2D eigenvalue weighted by Crippen LogP contribution is -2.38. The lowest BCUT2D eigenvalue weighted by Gasteiger charge is -2.31. The van der Waals surface area contributed by atoms with Crippen molar-refractivity contribution in [3.05, 3.63) is 83.9 Å². The molecule has 0 spiro atoms. The second kappa shape index (κ2) is 12.0. The zero-order chi connectivity index (χ0) is 23.8. The van der Waals surface area contributed by atoms with Crippen LogP contribution in [0.25, 0.3) is 0 Å². The summed E-state index contributed by atoms with van der Waals surface area (Å²) < 4.78 is 6.39. The van der Waals surface area contributed by atoms with Crippen LogP contribution in [0.3, 0.4) is 0 Å². The molecule has 4 heteroatoms. The van der Waals surface area contributed by atoms with Crippen LogP contribution < -0.4 is 0 Å². The average Bonchev–Trinajstić information content (AvgIpc) is 3.18. The molecule has 1 saturated carbocycles. The van der Waals surface area contributed by atoms with Gasteiger partial charge in [-0.3, -0.25) is 4.79 Å². The molecular formula is C30H36N2O2. The van der Waals surface area contributed by atoms with Crippen LogP contribution in [0.2, 0.25) is 0 Å². The third kappa shape index (κ3) is 6.15. The molecule has 0 N–H and O–H groups in total. The summed E-state index contributed by atoms with van der Waals surface area (Å²) in [5.41, 5.74) is 3.37. The molecule has 4 rings (SSSR count). The maximum Gasteiger partial charge on any atom is 0.226 e. The molecule has 0 radical (unpaired) electrons. The van der Waals surface area contributed by atoms with Crippen molar-refractivity contribution < 1.29 is 9.53 Å². The lowest BCUT2D eigenvalue weighted by molar-refractivity contribution is -0.133. The summed E-state index contributed by atoms with van der Waals surface area (Å²) in [6.45, 7) is 5.28. The Morgan fingerprint density at radius 3 is 2.47 bits per heavy atom. The molecule has 2 aromatic carbocycles. The number of ether oxygens (including phenoxy) is 1. The zero-order valence-electron chi connectivity index (χ0n) is 20.1. The van der Waals surface area contributed by atoms with Crippen LogP contribution in [-0.2, 0) is 16.0 Å². The SMILES string of the molecule is C=CC[C@@H]1C[C@@H](COC2CCC(c3ccc(C#N)cc3)CC2)N(CCCc2ccccc2)C1=O. The van der Waals surface area contributed by atoms with Crippen molar-refractivity contribution >= 4 is 5.91 Å². The van der Waals surface area contributed by atoms with Gasteiger partial charge in [-0.25, -0.2) is 0 Å². The van der Waals surface area contributed by atoms with Crippen molar-refractivity contribution in [3.8, 4) is 6.07 Å². The van der Waals surface area contributed by atoms with E-state index in [0.717, 1.165) is 63.5 Å². The van der Waals surface area contributed by atoms with Crippen LogP contribution in [-0.4, -0.2) is 36.1 Å². The van der Waals surface area contributed by atoms with Gasteiger partial charge in [-0.2, -0.15) is 5.26 Å². The number of allylic oxidation sites excluding steroid dienone is 1. The standard InChI is InChI=1S/C30H36N2O2/c1-2-7-27-20-28(32(30(27)33)19-6-10-23-8-4-3-5-9-23)22-34-29-17-15-26(16-18-29)25-13-11-24(21-31)12-14-25/h2-5,8-9,11-14,26-29H,1,6-7,10,15-20,22H2/t26?,27-,28+,29?/m1/s1. The molecular weight excluding hydrogens is 420 g/mol. The molecule has 1 aliphatic carbocycles. The summed E-state index contributed by atoms with van der Waals surface area (Å²) in [4.78, 5) is 15.1. The Hall–Kier alpha value is -2.90. The molecule has 2 aromatic rings. The number of hydrogen-bond acceptors (Lipinski definition) is 3. The maximum atomic E-state index is 13.0. The van der Waals surface area contributed by atoms with E-state index < -0.39 is 0 Å². The second-order valence-corrected chi connectivity index (χ2v) is 9.77. The summed E-state index contributed by atoms with van der Waals surface area (Å²) in [6, 6.07) is 20.9. The second-order valence-electron chi connectivity index (χ2n) is 9.77. The predicted octanol–water partition coefficient (Wildman–Crippen LogP) is 6.03. The third-order valence-corrected chi connectivity index (χ3v) is 7.50. The first-order valence-electron chi connectivity index (χ1n) is 12.7.